The molecule has 0 bridgehead atoms. The van der Waals surface area contributed by atoms with Crippen LogP contribution < -0.4 is 0 Å². The zero-order valence-electron chi connectivity index (χ0n) is 27.0. The van der Waals surface area contributed by atoms with Crippen LogP contribution in [-0.4, -0.2) is 0 Å². The fourth-order valence-electron chi connectivity index (χ4n) is 8.18. The first-order chi connectivity index (χ1) is 24.8. The smallest absolute Gasteiger partial charge is 0.143 e. The highest BCUT2D eigenvalue weighted by Gasteiger charge is 2.19. The van der Waals surface area contributed by atoms with Crippen LogP contribution in [0.4, 0.5) is 0 Å². The zero-order valence-corrected chi connectivity index (χ0v) is 27.0. The van der Waals surface area contributed by atoms with Crippen LogP contribution in [0.1, 0.15) is 0 Å². The van der Waals surface area contributed by atoms with E-state index in [1.165, 1.54) is 49.0 Å². The fourth-order valence-corrected chi connectivity index (χ4v) is 8.18. The quantitative estimate of drug-likeness (QED) is 0.180. The van der Waals surface area contributed by atoms with E-state index in [0.717, 1.165) is 60.6 Å². The van der Waals surface area contributed by atoms with Crippen molar-refractivity contribution in [3.05, 3.63) is 170 Å². The molecule has 2 nitrogen and oxygen atoms in total. The van der Waals surface area contributed by atoms with Gasteiger partial charge in [0, 0.05) is 27.1 Å². The average Bonchev–Trinajstić information content (AvgIpc) is 3.73. The van der Waals surface area contributed by atoms with Gasteiger partial charge in [-0.05, 0) is 96.5 Å². The predicted octanol–water partition coefficient (Wildman–Crippen LogP) is 13.9. The van der Waals surface area contributed by atoms with Gasteiger partial charge in [-0.2, -0.15) is 0 Å². The Morgan fingerprint density at radius 2 is 0.820 bits per heavy atom. The van der Waals surface area contributed by atoms with Gasteiger partial charge < -0.3 is 8.83 Å². The lowest BCUT2D eigenvalue weighted by Gasteiger charge is -2.18. The number of rotatable bonds is 3. The molecular formula is C48H28O2. The van der Waals surface area contributed by atoms with Gasteiger partial charge in [-0.15, -0.1) is 0 Å². The largest absolute Gasteiger partial charge is 0.456 e. The van der Waals surface area contributed by atoms with E-state index in [1.54, 1.807) is 0 Å². The molecule has 2 aromatic heterocycles. The normalized spacial score (nSPS) is 12.0. The van der Waals surface area contributed by atoms with Gasteiger partial charge in [0.2, 0.25) is 0 Å². The standard InChI is InChI=1S/C48H28O2/c1-2-12-30-27-45-42(26-29(30)11-1)36-24-23-33(28-44(36)49-45)47-39-18-5-3-16-37(39)46(38-17-4-6-19-40(38)47)32-14-9-13-31(25-32)34-20-10-21-41-35-15-7-8-22-43(35)50-48(34)41/h1-28H. The molecule has 0 amide bonds. The molecule has 0 radical (unpaired) electrons. The maximum absolute atomic E-state index is 6.54. The first kappa shape index (κ1) is 27.3. The molecule has 0 fully saturated rings. The molecule has 9 aromatic carbocycles. The zero-order chi connectivity index (χ0) is 32.8. The van der Waals surface area contributed by atoms with Crippen LogP contribution >= 0.6 is 0 Å². The van der Waals surface area contributed by atoms with E-state index in [2.05, 4.69) is 158 Å². The second-order valence-corrected chi connectivity index (χ2v) is 13.2. The monoisotopic (exact) mass is 636 g/mol. The van der Waals surface area contributed by atoms with Gasteiger partial charge in [0.05, 0.1) is 0 Å². The Hall–Kier alpha value is -6.64. The number of furan rings is 2. The minimum Gasteiger partial charge on any atom is -0.456 e. The summed E-state index contributed by atoms with van der Waals surface area (Å²) in [6.45, 7) is 0. The number of benzene rings is 9. The molecule has 0 unspecified atom stereocenters. The molecule has 11 aromatic rings. The first-order valence-electron chi connectivity index (χ1n) is 17.1. The van der Waals surface area contributed by atoms with Crippen molar-refractivity contribution in [2.24, 2.45) is 0 Å². The summed E-state index contributed by atoms with van der Waals surface area (Å²) in [6, 6.07) is 60.9. The highest BCUT2D eigenvalue weighted by molar-refractivity contribution is 6.22. The van der Waals surface area contributed by atoms with Crippen molar-refractivity contribution in [2.45, 2.75) is 0 Å². The molecule has 0 atom stereocenters. The third-order valence-electron chi connectivity index (χ3n) is 10.4. The van der Waals surface area contributed by atoms with Gasteiger partial charge in [0.25, 0.3) is 0 Å². The topological polar surface area (TPSA) is 26.3 Å². The molecule has 2 heteroatoms. The lowest BCUT2D eigenvalue weighted by Crippen LogP contribution is -1.91. The third-order valence-corrected chi connectivity index (χ3v) is 10.4. The Balaban J connectivity index is 1.13. The summed E-state index contributed by atoms with van der Waals surface area (Å²) in [5, 5.41) is 11.8. The van der Waals surface area contributed by atoms with Gasteiger partial charge in [0.1, 0.15) is 22.3 Å². The van der Waals surface area contributed by atoms with Crippen LogP contribution in [0.2, 0.25) is 0 Å². The van der Waals surface area contributed by atoms with Crippen molar-refractivity contribution in [1.82, 2.24) is 0 Å². The Morgan fingerprint density at radius 1 is 0.280 bits per heavy atom. The molecule has 2 heterocycles. The minimum absolute atomic E-state index is 0.900. The number of fused-ring (bicyclic) bond motifs is 9. The molecule has 0 aliphatic rings. The molecule has 0 N–H and O–H groups in total. The van der Waals surface area contributed by atoms with E-state index >= 15 is 0 Å². The molecule has 0 aliphatic heterocycles. The maximum Gasteiger partial charge on any atom is 0.143 e. The maximum atomic E-state index is 6.54. The van der Waals surface area contributed by atoms with E-state index < -0.39 is 0 Å². The second-order valence-electron chi connectivity index (χ2n) is 13.2. The van der Waals surface area contributed by atoms with E-state index in [4.69, 9.17) is 8.83 Å². The Morgan fingerprint density at radius 3 is 1.56 bits per heavy atom. The summed E-state index contributed by atoms with van der Waals surface area (Å²) in [5.41, 5.74) is 10.6. The van der Waals surface area contributed by atoms with E-state index in [1.807, 2.05) is 12.1 Å². The van der Waals surface area contributed by atoms with Crippen LogP contribution in [0.25, 0.3) is 110 Å². The van der Waals surface area contributed by atoms with Crippen molar-refractivity contribution in [1.29, 1.82) is 0 Å². The number of hydrogen-bond donors (Lipinski definition) is 0. The molecule has 0 spiro atoms. The van der Waals surface area contributed by atoms with Gasteiger partial charge in [-0.3, -0.25) is 0 Å². The second kappa shape index (κ2) is 10.4. The molecular weight excluding hydrogens is 609 g/mol. The van der Waals surface area contributed by atoms with Crippen LogP contribution in [-0.2, 0) is 0 Å². The average molecular weight is 637 g/mol. The predicted molar refractivity (Wildman–Crippen MR) is 210 cm³/mol. The molecule has 0 saturated carbocycles. The van der Waals surface area contributed by atoms with Crippen LogP contribution in [0.15, 0.2) is 179 Å². The summed E-state index contributed by atoms with van der Waals surface area (Å²) < 4.78 is 13.0. The first-order valence-corrected chi connectivity index (χ1v) is 17.1. The molecule has 50 heavy (non-hydrogen) atoms. The number of para-hydroxylation sites is 2. The highest BCUT2D eigenvalue weighted by Crippen LogP contribution is 2.46. The highest BCUT2D eigenvalue weighted by atomic mass is 16.3. The lowest BCUT2D eigenvalue weighted by molar-refractivity contribution is 0.669. The van der Waals surface area contributed by atoms with Gasteiger partial charge in [0.15, 0.2) is 0 Å². The molecule has 0 aliphatic carbocycles. The Kier molecular flexibility index (Phi) is 5.70. The van der Waals surface area contributed by atoms with Crippen LogP contribution in [0.5, 0.6) is 0 Å². The summed E-state index contributed by atoms with van der Waals surface area (Å²) in [6.07, 6.45) is 0. The van der Waals surface area contributed by atoms with E-state index in [0.29, 0.717) is 0 Å². The van der Waals surface area contributed by atoms with Crippen LogP contribution in [0, 0.1) is 0 Å². The van der Waals surface area contributed by atoms with Crippen molar-refractivity contribution < 1.29 is 8.83 Å². The number of hydrogen-bond acceptors (Lipinski definition) is 2. The van der Waals surface area contributed by atoms with Crippen molar-refractivity contribution in [3.63, 3.8) is 0 Å². The lowest BCUT2D eigenvalue weighted by atomic mass is 9.85. The van der Waals surface area contributed by atoms with E-state index in [-0.39, 0.29) is 0 Å². The Labute approximate surface area is 287 Å². The van der Waals surface area contributed by atoms with Gasteiger partial charge in [-0.1, -0.05) is 133 Å². The van der Waals surface area contributed by atoms with Gasteiger partial charge >= 0.3 is 0 Å². The SMILES string of the molecule is c1cc(-c2c3ccccc3c(-c3ccc4c(c3)oc3cc5ccccc5cc34)c3ccccc23)cc(-c2cccc3c2oc2ccccc23)c1. The molecule has 11 rings (SSSR count). The van der Waals surface area contributed by atoms with Crippen molar-refractivity contribution >= 4 is 76.2 Å². The van der Waals surface area contributed by atoms with Crippen molar-refractivity contribution in [3.8, 4) is 33.4 Å². The molecule has 0 saturated heterocycles. The summed E-state index contributed by atoms with van der Waals surface area (Å²) in [4.78, 5) is 0. The third kappa shape index (κ3) is 3.96. The minimum atomic E-state index is 0.900. The van der Waals surface area contributed by atoms with Crippen molar-refractivity contribution in [2.75, 3.05) is 0 Å². The summed E-state index contributed by atoms with van der Waals surface area (Å²) in [7, 11) is 0. The van der Waals surface area contributed by atoms with Crippen LogP contribution in [0.3, 0.4) is 0 Å². The molecule has 232 valence electrons. The van der Waals surface area contributed by atoms with Gasteiger partial charge in [-0.25, -0.2) is 0 Å². The van der Waals surface area contributed by atoms with E-state index in [9.17, 15) is 0 Å². The fraction of sp³-hybridized carbons (Fsp3) is 0. The summed E-state index contributed by atoms with van der Waals surface area (Å²) in [5.74, 6) is 0. The summed E-state index contributed by atoms with van der Waals surface area (Å²) >= 11 is 0. The Bertz CT molecular complexity index is 3100.